The highest BCUT2D eigenvalue weighted by Gasteiger charge is 2.07. The van der Waals surface area contributed by atoms with E-state index in [0.717, 1.165) is 22.5 Å². The number of aromatic nitrogens is 1. The van der Waals surface area contributed by atoms with Crippen molar-refractivity contribution < 1.29 is 9.59 Å². The molecule has 3 rings (SSSR count). The third-order valence-electron chi connectivity index (χ3n) is 4.09. The molecule has 0 fully saturated rings. The molecule has 3 N–H and O–H groups in total. The normalized spacial score (nSPS) is 10.2. The van der Waals surface area contributed by atoms with Crippen molar-refractivity contribution in [2.75, 3.05) is 10.6 Å². The molecular formula is C22H22N4O2. The summed E-state index contributed by atoms with van der Waals surface area (Å²) < 4.78 is 0. The Hall–Kier alpha value is -3.67. The van der Waals surface area contributed by atoms with Crippen LogP contribution in [0.2, 0.25) is 0 Å². The number of amides is 3. The minimum absolute atomic E-state index is 0.192. The smallest absolute Gasteiger partial charge is 0.323 e. The maximum absolute atomic E-state index is 12.2. The number of carbonyl (C=O) groups is 2. The van der Waals surface area contributed by atoms with Crippen LogP contribution < -0.4 is 16.0 Å². The molecule has 0 aliphatic carbocycles. The van der Waals surface area contributed by atoms with Crippen LogP contribution in [0.4, 0.5) is 16.2 Å². The molecule has 1 aromatic heterocycles. The fourth-order valence-electron chi connectivity index (χ4n) is 2.66. The number of anilines is 2. The first-order chi connectivity index (χ1) is 13.5. The van der Waals surface area contributed by atoms with Crippen LogP contribution in [0, 0.1) is 13.8 Å². The second-order valence-electron chi connectivity index (χ2n) is 6.52. The number of carbonyl (C=O) groups excluding carboxylic acids is 2. The molecule has 2 aromatic carbocycles. The molecule has 6 heteroatoms. The first kappa shape index (κ1) is 19.1. The second kappa shape index (κ2) is 8.81. The van der Waals surface area contributed by atoms with Gasteiger partial charge in [0.15, 0.2) is 0 Å². The molecule has 0 saturated heterocycles. The Kier molecular flexibility index (Phi) is 6.01. The van der Waals surface area contributed by atoms with Crippen molar-refractivity contribution in [1.29, 1.82) is 0 Å². The van der Waals surface area contributed by atoms with Crippen LogP contribution in [0.3, 0.4) is 0 Å². The zero-order chi connectivity index (χ0) is 19.9. The van der Waals surface area contributed by atoms with Crippen molar-refractivity contribution in [3.63, 3.8) is 0 Å². The third-order valence-corrected chi connectivity index (χ3v) is 4.09. The van der Waals surface area contributed by atoms with Gasteiger partial charge in [0.25, 0.3) is 5.91 Å². The molecule has 3 aromatic rings. The van der Waals surface area contributed by atoms with Gasteiger partial charge in [0.2, 0.25) is 0 Å². The van der Waals surface area contributed by atoms with Crippen molar-refractivity contribution in [3.8, 4) is 0 Å². The summed E-state index contributed by atoms with van der Waals surface area (Å²) in [7, 11) is 0. The molecule has 0 aliphatic heterocycles. The number of urea groups is 1. The van der Waals surface area contributed by atoms with Crippen molar-refractivity contribution in [1.82, 2.24) is 10.3 Å². The lowest BCUT2D eigenvalue weighted by Crippen LogP contribution is -2.23. The van der Waals surface area contributed by atoms with E-state index in [1.54, 1.807) is 24.4 Å². The summed E-state index contributed by atoms with van der Waals surface area (Å²) in [6.07, 6.45) is 1.55. The minimum atomic E-state index is -0.322. The molecule has 0 saturated carbocycles. The Morgan fingerprint density at radius 2 is 1.61 bits per heavy atom. The van der Waals surface area contributed by atoms with Crippen molar-refractivity contribution in [2.24, 2.45) is 0 Å². The van der Waals surface area contributed by atoms with Gasteiger partial charge in [-0.15, -0.1) is 0 Å². The lowest BCUT2D eigenvalue weighted by atomic mass is 10.2. The highest BCUT2D eigenvalue weighted by Crippen LogP contribution is 2.13. The standard InChI is InChI=1S/C22H22N4O2/c1-15-5-3-7-19(11-15)25-22(28)26-20-8-4-6-17(12-20)13-24-21(27)18-10-9-16(2)23-14-18/h3-12,14H,13H2,1-2H3,(H,24,27)(H2,25,26,28). The summed E-state index contributed by atoms with van der Waals surface area (Å²) >= 11 is 0. The lowest BCUT2D eigenvalue weighted by Gasteiger charge is -2.10. The van der Waals surface area contributed by atoms with E-state index in [4.69, 9.17) is 0 Å². The van der Waals surface area contributed by atoms with Crippen LogP contribution in [-0.2, 0) is 6.54 Å². The molecule has 6 nitrogen and oxygen atoms in total. The number of pyridine rings is 1. The quantitative estimate of drug-likeness (QED) is 0.623. The zero-order valence-electron chi connectivity index (χ0n) is 15.8. The summed E-state index contributed by atoms with van der Waals surface area (Å²) in [6, 6.07) is 18.1. The van der Waals surface area contributed by atoms with E-state index in [1.165, 1.54) is 0 Å². The van der Waals surface area contributed by atoms with Gasteiger partial charge in [-0.2, -0.15) is 0 Å². The van der Waals surface area contributed by atoms with Crippen LogP contribution in [0.15, 0.2) is 66.9 Å². The molecule has 142 valence electrons. The fraction of sp³-hybridized carbons (Fsp3) is 0.136. The fourth-order valence-corrected chi connectivity index (χ4v) is 2.66. The van der Waals surface area contributed by atoms with Crippen LogP contribution in [0.1, 0.15) is 27.2 Å². The number of rotatable bonds is 5. The van der Waals surface area contributed by atoms with Gasteiger partial charge < -0.3 is 16.0 Å². The molecule has 1 heterocycles. The van der Waals surface area contributed by atoms with E-state index in [2.05, 4.69) is 20.9 Å². The highest BCUT2D eigenvalue weighted by atomic mass is 16.2. The predicted molar refractivity (Wildman–Crippen MR) is 110 cm³/mol. The van der Waals surface area contributed by atoms with E-state index in [9.17, 15) is 9.59 Å². The van der Waals surface area contributed by atoms with Gasteiger partial charge in [-0.25, -0.2) is 4.79 Å². The minimum Gasteiger partial charge on any atom is -0.348 e. The zero-order valence-corrected chi connectivity index (χ0v) is 15.8. The largest absolute Gasteiger partial charge is 0.348 e. The van der Waals surface area contributed by atoms with Crippen LogP contribution >= 0.6 is 0 Å². The number of nitrogens with zero attached hydrogens (tertiary/aromatic N) is 1. The number of nitrogens with one attached hydrogen (secondary N) is 3. The molecular weight excluding hydrogens is 352 g/mol. The van der Waals surface area contributed by atoms with E-state index >= 15 is 0 Å². The Balaban J connectivity index is 1.56. The average Bonchev–Trinajstić information content (AvgIpc) is 2.67. The van der Waals surface area contributed by atoms with Gasteiger partial charge >= 0.3 is 6.03 Å². The molecule has 28 heavy (non-hydrogen) atoms. The topological polar surface area (TPSA) is 83.1 Å². The maximum atomic E-state index is 12.2. The molecule has 0 unspecified atom stereocenters. The first-order valence-electron chi connectivity index (χ1n) is 8.94. The lowest BCUT2D eigenvalue weighted by molar-refractivity contribution is 0.0950. The molecule has 0 atom stereocenters. The van der Waals surface area contributed by atoms with Crippen LogP contribution in [0.25, 0.3) is 0 Å². The van der Waals surface area contributed by atoms with Crippen LogP contribution in [-0.4, -0.2) is 16.9 Å². The first-order valence-corrected chi connectivity index (χ1v) is 8.94. The number of hydrogen-bond acceptors (Lipinski definition) is 3. The van der Waals surface area contributed by atoms with Crippen LogP contribution in [0.5, 0.6) is 0 Å². The summed E-state index contributed by atoms with van der Waals surface area (Å²) in [5.41, 5.74) is 4.69. The Morgan fingerprint density at radius 1 is 0.893 bits per heavy atom. The van der Waals surface area contributed by atoms with E-state index < -0.39 is 0 Å². The maximum Gasteiger partial charge on any atom is 0.323 e. The summed E-state index contributed by atoms with van der Waals surface area (Å²) in [5.74, 6) is -0.192. The van der Waals surface area contributed by atoms with E-state index in [0.29, 0.717) is 17.8 Å². The number of aryl methyl sites for hydroxylation is 2. The number of hydrogen-bond donors (Lipinski definition) is 3. The Morgan fingerprint density at radius 3 is 2.29 bits per heavy atom. The Bertz CT molecular complexity index is 984. The SMILES string of the molecule is Cc1cccc(NC(=O)Nc2cccc(CNC(=O)c3ccc(C)nc3)c2)c1. The Labute approximate surface area is 164 Å². The van der Waals surface area contributed by atoms with Crippen molar-refractivity contribution >= 4 is 23.3 Å². The third kappa shape index (κ3) is 5.41. The number of benzene rings is 2. The van der Waals surface area contributed by atoms with Gasteiger partial charge in [0.1, 0.15) is 0 Å². The summed E-state index contributed by atoms with van der Waals surface area (Å²) in [5, 5.41) is 8.46. The predicted octanol–water partition coefficient (Wildman–Crippen LogP) is 4.27. The van der Waals surface area contributed by atoms with Crippen molar-refractivity contribution in [3.05, 3.63) is 89.2 Å². The molecule has 0 aliphatic rings. The molecule has 3 amide bonds. The molecule has 0 bridgehead atoms. The van der Waals surface area contributed by atoms with Gasteiger partial charge in [-0.1, -0.05) is 24.3 Å². The van der Waals surface area contributed by atoms with Gasteiger partial charge in [-0.05, 0) is 61.4 Å². The van der Waals surface area contributed by atoms with E-state index in [1.807, 2.05) is 56.3 Å². The van der Waals surface area contributed by atoms with Gasteiger partial charge in [0.05, 0.1) is 5.56 Å². The molecule has 0 radical (unpaired) electrons. The summed E-state index contributed by atoms with van der Waals surface area (Å²) in [6.45, 7) is 4.19. The molecule has 0 spiro atoms. The van der Waals surface area contributed by atoms with Crippen molar-refractivity contribution in [2.45, 2.75) is 20.4 Å². The van der Waals surface area contributed by atoms with E-state index in [-0.39, 0.29) is 11.9 Å². The summed E-state index contributed by atoms with van der Waals surface area (Å²) in [4.78, 5) is 28.5. The highest BCUT2D eigenvalue weighted by molar-refractivity contribution is 5.99. The second-order valence-corrected chi connectivity index (χ2v) is 6.52. The average molecular weight is 374 g/mol. The van der Waals surface area contributed by atoms with Gasteiger partial charge in [0, 0.05) is 29.8 Å². The van der Waals surface area contributed by atoms with Gasteiger partial charge in [-0.3, -0.25) is 9.78 Å². The monoisotopic (exact) mass is 374 g/mol.